The summed E-state index contributed by atoms with van der Waals surface area (Å²) in [4.78, 5) is 11.8. The van der Waals surface area contributed by atoms with E-state index >= 15 is 0 Å². The first kappa shape index (κ1) is 14.6. The summed E-state index contributed by atoms with van der Waals surface area (Å²) in [6, 6.07) is 7.49. The average Bonchev–Trinajstić information content (AvgIpc) is 2.92. The Morgan fingerprint density at radius 3 is 2.53 bits per heavy atom. The van der Waals surface area contributed by atoms with Crippen molar-refractivity contribution in [3.05, 3.63) is 34.3 Å². The molecular formula is C16H22BrNO. The SMILES string of the molecule is O=C(NCCCCC1CCCC1)c1ccc(Br)cc1. The number of hydrogen-bond donors (Lipinski definition) is 1. The topological polar surface area (TPSA) is 29.1 Å². The third kappa shape index (κ3) is 4.98. The van der Waals surface area contributed by atoms with Crippen molar-refractivity contribution in [2.75, 3.05) is 6.54 Å². The Bertz CT molecular complexity index is 396. The molecule has 0 atom stereocenters. The summed E-state index contributed by atoms with van der Waals surface area (Å²) in [5, 5.41) is 2.99. The molecule has 1 aromatic rings. The molecule has 19 heavy (non-hydrogen) atoms. The highest BCUT2D eigenvalue weighted by Crippen LogP contribution is 2.28. The Morgan fingerprint density at radius 2 is 1.84 bits per heavy atom. The second-order valence-electron chi connectivity index (χ2n) is 5.41. The summed E-state index contributed by atoms with van der Waals surface area (Å²) >= 11 is 3.37. The highest BCUT2D eigenvalue weighted by atomic mass is 79.9. The summed E-state index contributed by atoms with van der Waals surface area (Å²) in [6.07, 6.45) is 9.37. The fraction of sp³-hybridized carbons (Fsp3) is 0.562. The van der Waals surface area contributed by atoms with Crippen molar-refractivity contribution >= 4 is 21.8 Å². The van der Waals surface area contributed by atoms with E-state index in [9.17, 15) is 4.79 Å². The second kappa shape index (κ2) is 7.68. The molecule has 104 valence electrons. The molecule has 1 aromatic carbocycles. The van der Waals surface area contributed by atoms with Crippen LogP contribution in [-0.2, 0) is 0 Å². The lowest BCUT2D eigenvalue weighted by Crippen LogP contribution is -2.24. The summed E-state index contributed by atoms with van der Waals surface area (Å²) in [5.41, 5.74) is 0.735. The van der Waals surface area contributed by atoms with Crippen LogP contribution in [0.15, 0.2) is 28.7 Å². The highest BCUT2D eigenvalue weighted by Gasteiger charge is 2.13. The number of unbranched alkanes of at least 4 members (excludes halogenated alkanes) is 1. The van der Waals surface area contributed by atoms with Crippen LogP contribution in [0.25, 0.3) is 0 Å². The van der Waals surface area contributed by atoms with Crippen LogP contribution < -0.4 is 5.32 Å². The lowest BCUT2D eigenvalue weighted by molar-refractivity contribution is 0.0953. The van der Waals surface area contributed by atoms with Crippen LogP contribution in [-0.4, -0.2) is 12.5 Å². The van der Waals surface area contributed by atoms with Crippen LogP contribution >= 0.6 is 15.9 Å². The van der Waals surface area contributed by atoms with Gasteiger partial charge in [0, 0.05) is 16.6 Å². The van der Waals surface area contributed by atoms with Gasteiger partial charge < -0.3 is 5.32 Å². The fourth-order valence-corrected chi connectivity index (χ4v) is 3.03. The zero-order chi connectivity index (χ0) is 13.5. The number of hydrogen-bond acceptors (Lipinski definition) is 1. The summed E-state index contributed by atoms with van der Waals surface area (Å²) in [6.45, 7) is 0.793. The van der Waals surface area contributed by atoms with E-state index in [0.29, 0.717) is 0 Å². The average molecular weight is 324 g/mol. The van der Waals surface area contributed by atoms with Gasteiger partial charge in [-0.1, -0.05) is 54.5 Å². The molecule has 1 aliphatic carbocycles. The molecule has 0 spiro atoms. The minimum absolute atomic E-state index is 0.0355. The van der Waals surface area contributed by atoms with Crippen molar-refractivity contribution < 1.29 is 4.79 Å². The zero-order valence-electron chi connectivity index (χ0n) is 11.3. The number of benzene rings is 1. The summed E-state index contributed by atoms with van der Waals surface area (Å²) in [7, 11) is 0. The van der Waals surface area contributed by atoms with Crippen molar-refractivity contribution in [1.29, 1.82) is 0 Å². The minimum Gasteiger partial charge on any atom is -0.352 e. The van der Waals surface area contributed by atoms with E-state index in [0.717, 1.165) is 28.9 Å². The molecule has 2 rings (SSSR count). The van der Waals surface area contributed by atoms with Crippen LogP contribution in [0.1, 0.15) is 55.3 Å². The molecule has 0 bridgehead atoms. The van der Waals surface area contributed by atoms with Gasteiger partial charge in [0.2, 0.25) is 0 Å². The maximum atomic E-state index is 11.8. The third-order valence-electron chi connectivity index (χ3n) is 3.91. The van der Waals surface area contributed by atoms with Gasteiger partial charge in [0.1, 0.15) is 0 Å². The van der Waals surface area contributed by atoms with E-state index in [2.05, 4.69) is 21.2 Å². The number of rotatable bonds is 6. The predicted molar refractivity (Wildman–Crippen MR) is 82.3 cm³/mol. The fourth-order valence-electron chi connectivity index (χ4n) is 2.76. The van der Waals surface area contributed by atoms with Crippen molar-refractivity contribution in [3.8, 4) is 0 Å². The standard InChI is InChI=1S/C16H22BrNO/c17-15-10-8-14(9-11-15)16(19)18-12-4-3-7-13-5-1-2-6-13/h8-11,13H,1-7,12H2,(H,18,19). The molecule has 0 heterocycles. The maximum Gasteiger partial charge on any atom is 0.251 e. The molecule has 1 amide bonds. The van der Waals surface area contributed by atoms with Gasteiger partial charge in [-0.05, 0) is 36.6 Å². The lowest BCUT2D eigenvalue weighted by atomic mass is 10.0. The van der Waals surface area contributed by atoms with Crippen LogP contribution in [0.3, 0.4) is 0 Å². The molecule has 1 N–H and O–H groups in total. The van der Waals surface area contributed by atoms with E-state index in [1.54, 1.807) is 0 Å². The zero-order valence-corrected chi connectivity index (χ0v) is 12.9. The van der Waals surface area contributed by atoms with E-state index in [1.807, 2.05) is 24.3 Å². The Balaban J connectivity index is 1.59. The first-order valence-electron chi connectivity index (χ1n) is 7.29. The Labute approximate surface area is 124 Å². The van der Waals surface area contributed by atoms with Gasteiger partial charge >= 0.3 is 0 Å². The quantitative estimate of drug-likeness (QED) is 0.765. The summed E-state index contributed by atoms with van der Waals surface area (Å²) < 4.78 is 1.00. The van der Waals surface area contributed by atoms with Gasteiger partial charge in [-0.15, -0.1) is 0 Å². The van der Waals surface area contributed by atoms with Gasteiger partial charge in [-0.2, -0.15) is 0 Å². The Hall–Kier alpha value is -0.830. The molecule has 2 nitrogen and oxygen atoms in total. The molecule has 0 radical (unpaired) electrons. The first-order valence-corrected chi connectivity index (χ1v) is 8.09. The van der Waals surface area contributed by atoms with Gasteiger partial charge in [0.05, 0.1) is 0 Å². The Morgan fingerprint density at radius 1 is 1.16 bits per heavy atom. The van der Waals surface area contributed by atoms with Crippen molar-refractivity contribution in [3.63, 3.8) is 0 Å². The molecule has 1 aliphatic rings. The van der Waals surface area contributed by atoms with Gasteiger partial charge in [-0.3, -0.25) is 4.79 Å². The van der Waals surface area contributed by atoms with Crippen LogP contribution in [0.4, 0.5) is 0 Å². The molecule has 0 saturated heterocycles. The Kier molecular flexibility index (Phi) is 5.90. The normalized spacial score (nSPS) is 15.6. The van der Waals surface area contributed by atoms with Crippen LogP contribution in [0.5, 0.6) is 0 Å². The number of carbonyl (C=O) groups excluding carboxylic acids is 1. The smallest absolute Gasteiger partial charge is 0.251 e. The molecule has 0 aliphatic heterocycles. The number of halogens is 1. The maximum absolute atomic E-state index is 11.8. The van der Waals surface area contributed by atoms with E-state index in [4.69, 9.17) is 0 Å². The van der Waals surface area contributed by atoms with Crippen molar-refractivity contribution in [2.45, 2.75) is 44.9 Å². The first-order chi connectivity index (χ1) is 9.25. The van der Waals surface area contributed by atoms with Gasteiger partial charge in [0.15, 0.2) is 0 Å². The molecule has 1 saturated carbocycles. The van der Waals surface area contributed by atoms with E-state index in [-0.39, 0.29) is 5.91 Å². The second-order valence-corrected chi connectivity index (χ2v) is 6.32. The third-order valence-corrected chi connectivity index (χ3v) is 4.43. The largest absolute Gasteiger partial charge is 0.352 e. The van der Waals surface area contributed by atoms with E-state index in [1.165, 1.54) is 38.5 Å². The highest BCUT2D eigenvalue weighted by molar-refractivity contribution is 9.10. The van der Waals surface area contributed by atoms with E-state index < -0.39 is 0 Å². The predicted octanol–water partition coefficient (Wildman–Crippen LogP) is 4.54. The van der Waals surface area contributed by atoms with Crippen molar-refractivity contribution in [1.82, 2.24) is 5.32 Å². The number of carbonyl (C=O) groups is 1. The van der Waals surface area contributed by atoms with Crippen LogP contribution in [0.2, 0.25) is 0 Å². The van der Waals surface area contributed by atoms with Crippen molar-refractivity contribution in [2.24, 2.45) is 5.92 Å². The van der Waals surface area contributed by atoms with Crippen LogP contribution in [0, 0.1) is 5.92 Å². The monoisotopic (exact) mass is 323 g/mol. The molecule has 0 unspecified atom stereocenters. The van der Waals surface area contributed by atoms with Gasteiger partial charge in [0.25, 0.3) is 5.91 Å². The number of amides is 1. The molecular weight excluding hydrogens is 302 g/mol. The lowest BCUT2D eigenvalue weighted by Gasteiger charge is -2.09. The minimum atomic E-state index is 0.0355. The molecule has 0 aromatic heterocycles. The van der Waals surface area contributed by atoms with Gasteiger partial charge in [-0.25, -0.2) is 0 Å². The molecule has 3 heteroatoms. The summed E-state index contributed by atoms with van der Waals surface area (Å²) in [5.74, 6) is 0.996. The molecule has 1 fully saturated rings. The number of nitrogens with one attached hydrogen (secondary N) is 1.